The molecule has 0 heterocycles. The molecule has 1 aliphatic carbocycles. The monoisotopic (exact) mass is 290 g/mol. The van der Waals surface area contributed by atoms with Crippen molar-refractivity contribution in [1.82, 2.24) is 5.32 Å². The Labute approximate surface area is 127 Å². The summed E-state index contributed by atoms with van der Waals surface area (Å²) in [4.78, 5) is 11.3. The lowest BCUT2D eigenvalue weighted by molar-refractivity contribution is -0.119. The van der Waals surface area contributed by atoms with E-state index in [-0.39, 0.29) is 11.3 Å². The normalized spacial score (nSPS) is 23.2. The zero-order valence-electron chi connectivity index (χ0n) is 13.4. The van der Waals surface area contributed by atoms with Gasteiger partial charge in [0, 0.05) is 30.8 Å². The van der Waals surface area contributed by atoms with E-state index in [4.69, 9.17) is 4.74 Å². The molecule has 2 unspecified atom stereocenters. The zero-order chi connectivity index (χ0) is 15.5. The summed E-state index contributed by atoms with van der Waals surface area (Å²) in [6.45, 7) is 7.31. The Morgan fingerprint density at radius 2 is 2.00 bits per heavy atom. The van der Waals surface area contributed by atoms with Crippen LogP contribution >= 0.6 is 0 Å². The summed E-state index contributed by atoms with van der Waals surface area (Å²) in [5.74, 6) is 0.0374. The first-order chi connectivity index (χ1) is 9.97. The van der Waals surface area contributed by atoms with Crippen molar-refractivity contribution >= 4 is 11.6 Å². The predicted octanol–water partition coefficient (Wildman–Crippen LogP) is 2.59. The highest BCUT2D eigenvalue weighted by Crippen LogP contribution is 2.44. The Kier molecular flexibility index (Phi) is 4.88. The number of hydrogen-bond acceptors (Lipinski definition) is 3. The molecule has 4 heteroatoms. The second kappa shape index (κ2) is 6.48. The average molecular weight is 290 g/mol. The van der Waals surface area contributed by atoms with Crippen LogP contribution in [0.25, 0.3) is 0 Å². The van der Waals surface area contributed by atoms with Crippen LogP contribution in [-0.4, -0.2) is 31.7 Å². The minimum Gasteiger partial charge on any atom is -0.382 e. The van der Waals surface area contributed by atoms with Crippen molar-refractivity contribution in [2.24, 2.45) is 5.41 Å². The summed E-state index contributed by atoms with van der Waals surface area (Å²) >= 11 is 0. The summed E-state index contributed by atoms with van der Waals surface area (Å²) in [5, 5.41) is 6.21. The van der Waals surface area contributed by atoms with Crippen molar-refractivity contribution in [2.45, 2.75) is 45.8 Å². The van der Waals surface area contributed by atoms with Gasteiger partial charge in [0.15, 0.2) is 0 Å². The molecule has 1 aliphatic rings. The first-order valence-corrected chi connectivity index (χ1v) is 7.65. The maximum absolute atomic E-state index is 11.3. The standard InChI is InChI=1S/C17H26N2O2/c1-5-21-15-11-14(17(15,2)3)19-13-8-6-12(7-9-13)10-16(20)18-4/h6-9,14-15,19H,5,10-11H2,1-4H3,(H,18,20). The van der Waals surface area contributed by atoms with Gasteiger partial charge in [-0.2, -0.15) is 0 Å². The molecular weight excluding hydrogens is 264 g/mol. The van der Waals surface area contributed by atoms with Crippen LogP contribution in [0.1, 0.15) is 32.8 Å². The SMILES string of the molecule is CCOC1CC(Nc2ccc(CC(=O)NC)cc2)C1(C)C. The van der Waals surface area contributed by atoms with Crippen LogP contribution < -0.4 is 10.6 Å². The van der Waals surface area contributed by atoms with Crippen LogP contribution in [0, 0.1) is 5.41 Å². The van der Waals surface area contributed by atoms with Crippen molar-refractivity contribution in [2.75, 3.05) is 19.0 Å². The molecule has 2 atom stereocenters. The molecular formula is C17H26N2O2. The maximum atomic E-state index is 11.3. The van der Waals surface area contributed by atoms with E-state index in [0.717, 1.165) is 24.3 Å². The van der Waals surface area contributed by atoms with Gasteiger partial charge < -0.3 is 15.4 Å². The van der Waals surface area contributed by atoms with E-state index in [1.165, 1.54) is 0 Å². The third-order valence-electron chi connectivity index (χ3n) is 4.48. The summed E-state index contributed by atoms with van der Waals surface area (Å²) in [7, 11) is 1.66. The van der Waals surface area contributed by atoms with Crippen molar-refractivity contribution in [1.29, 1.82) is 0 Å². The van der Waals surface area contributed by atoms with Crippen molar-refractivity contribution < 1.29 is 9.53 Å². The minimum atomic E-state index is 0.0374. The van der Waals surface area contributed by atoms with Gasteiger partial charge >= 0.3 is 0 Å². The molecule has 1 aromatic carbocycles. The highest BCUT2D eigenvalue weighted by molar-refractivity contribution is 5.78. The molecule has 1 aromatic rings. The van der Waals surface area contributed by atoms with E-state index >= 15 is 0 Å². The Hall–Kier alpha value is -1.55. The third-order valence-corrected chi connectivity index (χ3v) is 4.48. The van der Waals surface area contributed by atoms with Crippen molar-refractivity contribution in [3.05, 3.63) is 29.8 Å². The van der Waals surface area contributed by atoms with Gasteiger partial charge in [0.05, 0.1) is 12.5 Å². The second-order valence-corrected chi connectivity index (χ2v) is 6.24. The summed E-state index contributed by atoms with van der Waals surface area (Å²) in [5.41, 5.74) is 2.28. The fraction of sp³-hybridized carbons (Fsp3) is 0.588. The number of likely N-dealkylation sites (N-methyl/N-ethyl adjacent to an activating group) is 1. The highest BCUT2D eigenvalue weighted by atomic mass is 16.5. The molecule has 4 nitrogen and oxygen atoms in total. The molecule has 1 amide bonds. The van der Waals surface area contributed by atoms with Gasteiger partial charge in [-0.1, -0.05) is 26.0 Å². The third kappa shape index (κ3) is 3.56. The van der Waals surface area contributed by atoms with Crippen molar-refractivity contribution in [3.63, 3.8) is 0 Å². The van der Waals surface area contributed by atoms with Gasteiger partial charge in [-0.3, -0.25) is 4.79 Å². The first-order valence-electron chi connectivity index (χ1n) is 7.65. The molecule has 1 saturated carbocycles. The lowest BCUT2D eigenvalue weighted by Crippen LogP contribution is -2.58. The van der Waals surface area contributed by atoms with E-state index in [1.807, 2.05) is 31.2 Å². The number of carbonyl (C=O) groups is 1. The van der Waals surface area contributed by atoms with Crippen LogP contribution in [-0.2, 0) is 16.0 Å². The lowest BCUT2D eigenvalue weighted by Gasteiger charge is -2.52. The van der Waals surface area contributed by atoms with Crippen LogP contribution in [0.3, 0.4) is 0 Å². The molecule has 116 valence electrons. The smallest absolute Gasteiger partial charge is 0.224 e. The van der Waals surface area contributed by atoms with Gasteiger partial charge in [-0.25, -0.2) is 0 Å². The summed E-state index contributed by atoms with van der Waals surface area (Å²) in [6, 6.07) is 8.52. The number of anilines is 1. The van der Waals surface area contributed by atoms with Gasteiger partial charge in [0.2, 0.25) is 5.91 Å². The molecule has 2 N–H and O–H groups in total. The van der Waals surface area contributed by atoms with E-state index < -0.39 is 0 Å². The number of carbonyl (C=O) groups excluding carboxylic acids is 1. The molecule has 0 spiro atoms. The molecule has 0 aromatic heterocycles. The van der Waals surface area contributed by atoms with Crippen LogP contribution in [0.5, 0.6) is 0 Å². The molecule has 0 aliphatic heterocycles. The summed E-state index contributed by atoms with van der Waals surface area (Å²) < 4.78 is 5.75. The Bertz CT molecular complexity index is 482. The van der Waals surface area contributed by atoms with Crippen LogP contribution in [0.2, 0.25) is 0 Å². The Morgan fingerprint density at radius 3 is 2.52 bits per heavy atom. The number of nitrogens with one attached hydrogen (secondary N) is 2. The quantitative estimate of drug-likeness (QED) is 0.846. The second-order valence-electron chi connectivity index (χ2n) is 6.24. The van der Waals surface area contributed by atoms with Gasteiger partial charge in [0.1, 0.15) is 0 Å². The topological polar surface area (TPSA) is 50.4 Å². The number of rotatable bonds is 6. The molecule has 0 radical (unpaired) electrons. The molecule has 1 fully saturated rings. The molecule has 21 heavy (non-hydrogen) atoms. The Morgan fingerprint density at radius 1 is 1.33 bits per heavy atom. The van der Waals surface area contributed by atoms with Crippen molar-refractivity contribution in [3.8, 4) is 0 Å². The van der Waals surface area contributed by atoms with Crippen LogP contribution in [0.15, 0.2) is 24.3 Å². The molecule has 0 bridgehead atoms. The largest absolute Gasteiger partial charge is 0.382 e. The van der Waals surface area contributed by atoms with Crippen LogP contribution in [0.4, 0.5) is 5.69 Å². The fourth-order valence-corrected chi connectivity index (χ4v) is 2.81. The molecule has 0 saturated heterocycles. The predicted molar refractivity (Wildman–Crippen MR) is 85.4 cm³/mol. The van der Waals surface area contributed by atoms with Gasteiger partial charge in [-0.15, -0.1) is 0 Å². The fourth-order valence-electron chi connectivity index (χ4n) is 2.81. The Balaban J connectivity index is 1.91. The zero-order valence-corrected chi connectivity index (χ0v) is 13.4. The first kappa shape index (κ1) is 15.8. The van der Waals surface area contributed by atoms with E-state index in [0.29, 0.717) is 18.6 Å². The minimum absolute atomic E-state index is 0.0374. The summed E-state index contributed by atoms with van der Waals surface area (Å²) in [6.07, 6.45) is 1.81. The molecule has 2 rings (SSSR count). The van der Waals surface area contributed by atoms with E-state index in [9.17, 15) is 4.79 Å². The number of hydrogen-bond donors (Lipinski definition) is 2. The van der Waals surface area contributed by atoms with Gasteiger partial charge in [-0.05, 0) is 31.0 Å². The number of ether oxygens (including phenoxy) is 1. The lowest BCUT2D eigenvalue weighted by atomic mass is 9.64. The highest BCUT2D eigenvalue weighted by Gasteiger charge is 2.48. The number of amides is 1. The number of benzene rings is 1. The maximum Gasteiger partial charge on any atom is 0.224 e. The average Bonchev–Trinajstić information content (AvgIpc) is 2.48. The van der Waals surface area contributed by atoms with Gasteiger partial charge in [0.25, 0.3) is 0 Å². The van der Waals surface area contributed by atoms with E-state index in [1.54, 1.807) is 7.05 Å². The van der Waals surface area contributed by atoms with E-state index in [2.05, 4.69) is 24.5 Å².